The SMILES string of the molecule is Cc1ccc(C[NH+](C)[C@@H](C)C(=O)Nc2ccc(S(N)(=O)=O)cc2)cc1. The number of likely N-dealkylation sites (N-methyl/N-ethyl adjacent to an activating group) is 1. The van der Waals surface area contributed by atoms with Crippen molar-refractivity contribution in [3.8, 4) is 0 Å². The lowest BCUT2D eigenvalue weighted by Crippen LogP contribution is -3.12. The monoisotopic (exact) mass is 362 g/mol. The van der Waals surface area contributed by atoms with Crippen LogP contribution >= 0.6 is 0 Å². The summed E-state index contributed by atoms with van der Waals surface area (Å²) in [6.07, 6.45) is 0. The number of carbonyl (C=O) groups is 1. The lowest BCUT2D eigenvalue weighted by molar-refractivity contribution is -0.907. The van der Waals surface area contributed by atoms with Gasteiger partial charge in [-0.2, -0.15) is 0 Å². The molecule has 2 aromatic rings. The Labute approximate surface area is 148 Å². The van der Waals surface area contributed by atoms with E-state index in [2.05, 4.69) is 29.6 Å². The van der Waals surface area contributed by atoms with Crippen LogP contribution in [0.3, 0.4) is 0 Å². The Hall–Kier alpha value is -2.22. The number of anilines is 1. The smallest absolute Gasteiger partial charge is 0.282 e. The maximum atomic E-state index is 12.4. The normalized spacial score (nSPS) is 13.9. The molecule has 0 aliphatic heterocycles. The van der Waals surface area contributed by atoms with Gasteiger partial charge in [0.25, 0.3) is 5.91 Å². The number of aryl methyl sites for hydroxylation is 1. The highest BCUT2D eigenvalue weighted by Gasteiger charge is 2.22. The number of rotatable bonds is 6. The predicted molar refractivity (Wildman–Crippen MR) is 97.7 cm³/mol. The third-order valence-electron chi connectivity index (χ3n) is 4.19. The van der Waals surface area contributed by atoms with E-state index in [1.54, 1.807) is 0 Å². The van der Waals surface area contributed by atoms with Crippen LogP contribution in [0.25, 0.3) is 0 Å². The molecular weight excluding hydrogens is 338 g/mol. The topological polar surface area (TPSA) is 93.7 Å². The number of quaternary nitrogens is 1. The van der Waals surface area contributed by atoms with Gasteiger partial charge in [-0.05, 0) is 38.1 Å². The number of benzene rings is 2. The van der Waals surface area contributed by atoms with E-state index < -0.39 is 10.0 Å². The average Bonchev–Trinajstić information content (AvgIpc) is 2.55. The largest absolute Gasteiger partial charge is 0.324 e. The second kappa shape index (κ2) is 7.77. The van der Waals surface area contributed by atoms with Crippen LogP contribution in [0.2, 0.25) is 0 Å². The summed E-state index contributed by atoms with van der Waals surface area (Å²) in [5.41, 5.74) is 2.91. The minimum absolute atomic E-state index is 0.0145. The molecule has 134 valence electrons. The lowest BCUT2D eigenvalue weighted by atomic mass is 10.1. The van der Waals surface area contributed by atoms with Crippen LogP contribution < -0.4 is 15.4 Å². The minimum Gasteiger partial charge on any atom is -0.324 e. The molecule has 25 heavy (non-hydrogen) atoms. The fraction of sp³-hybridized carbons (Fsp3) is 0.278. The summed E-state index contributed by atoms with van der Waals surface area (Å²) in [4.78, 5) is 13.5. The standard InChI is InChI=1S/C18H23N3O3S/c1-13-4-6-15(7-5-13)12-21(3)14(2)18(22)20-16-8-10-17(11-9-16)25(19,23)24/h4-11,14H,12H2,1-3H3,(H,20,22)(H2,19,23,24)/p+1/t14-/m0/s1. The molecule has 1 unspecified atom stereocenters. The fourth-order valence-corrected chi connectivity index (χ4v) is 2.90. The van der Waals surface area contributed by atoms with E-state index in [9.17, 15) is 13.2 Å². The van der Waals surface area contributed by atoms with E-state index in [1.807, 2.05) is 20.9 Å². The quantitative estimate of drug-likeness (QED) is 0.706. The van der Waals surface area contributed by atoms with Gasteiger partial charge in [0.05, 0.1) is 11.9 Å². The molecular formula is C18H24N3O3S+. The van der Waals surface area contributed by atoms with E-state index >= 15 is 0 Å². The molecule has 0 bridgehead atoms. The first-order valence-electron chi connectivity index (χ1n) is 7.98. The Morgan fingerprint density at radius 3 is 2.20 bits per heavy atom. The number of carbonyl (C=O) groups excluding carboxylic acids is 1. The summed E-state index contributed by atoms with van der Waals surface area (Å²) in [6.45, 7) is 4.63. The Balaban J connectivity index is 1.98. The number of amides is 1. The zero-order valence-corrected chi connectivity index (χ0v) is 15.4. The number of primary sulfonamides is 1. The van der Waals surface area contributed by atoms with E-state index in [-0.39, 0.29) is 16.8 Å². The molecule has 0 saturated carbocycles. The Bertz CT molecular complexity index is 831. The van der Waals surface area contributed by atoms with Crippen LogP contribution in [-0.4, -0.2) is 27.4 Å². The second-order valence-electron chi connectivity index (χ2n) is 6.29. The first-order chi connectivity index (χ1) is 11.7. The maximum absolute atomic E-state index is 12.4. The van der Waals surface area contributed by atoms with Crippen LogP contribution in [0.4, 0.5) is 5.69 Å². The van der Waals surface area contributed by atoms with Crippen LogP contribution in [0, 0.1) is 6.92 Å². The molecule has 0 radical (unpaired) electrons. The molecule has 4 N–H and O–H groups in total. The first kappa shape index (κ1) is 19.1. The molecule has 0 aromatic heterocycles. The summed E-state index contributed by atoms with van der Waals surface area (Å²) in [5.74, 6) is -0.132. The minimum atomic E-state index is -3.73. The van der Waals surface area contributed by atoms with Gasteiger partial charge in [0.2, 0.25) is 10.0 Å². The number of hydrogen-bond donors (Lipinski definition) is 3. The molecule has 0 spiro atoms. The predicted octanol–water partition coefficient (Wildman–Crippen LogP) is 0.684. The van der Waals surface area contributed by atoms with Gasteiger partial charge in [0.1, 0.15) is 6.54 Å². The van der Waals surface area contributed by atoms with Crippen LogP contribution in [-0.2, 0) is 21.4 Å². The highest BCUT2D eigenvalue weighted by molar-refractivity contribution is 7.89. The Morgan fingerprint density at radius 2 is 1.68 bits per heavy atom. The van der Waals surface area contributed by atoms with Gasteiger partial charge in [-0.1, -0.05) is 29.8 Å². The summed E-state index contributed by atoms with van der Waals surface area (Å²) in [5, 5.41) is 7.86. The molecule has 2 aromatic carbocycles. The molecule has 2 rings (SSSR count). The van der Waals surface area contributed by atoms with Crippen molar-refractivity contribution < 1.29 is 18.1 Å². The third-order valence-corrected chi connectivity index (χ3v) is 5.12. The number of hydrogen-bond acceptors (Lipinski definition) is 3. The zero-order valence-electron chi connectivity index (χ0n) is 14.6. The average molecular weight is 362 g/mol. The van der Waals surface area contributed by atoms with Crippen LogP contribution in [0.5, 0.6) is 0 Å². The Morgan fingerprint density at radius 1 is 1.12 bits per heavy atom. The second-order valence-corrected chi connectivity index (χ2v) is 7.85. The van der Waals surface area contributed by atoms with Gasteiger partial charge in [-0.15, -0.1) is 0 Å². The van der Waals surface area contributed by atoms with Crippen LogP contribution in [0.1, 0.15) is 18.1 Å². The number of nitrogens with two attached hydrogens (primary N) is 1. The summed E-state index contributed by atoms with van der Waals surface area (Å²) in [6, 6.07) is 13.8. The molecule has 2 atom stereocenters. The molecule has 6 nitrogen and oxygen atoms in total. The van der Waals surface area contributed by atoms with Gasteiger partial charge in [0.15, 0.2) is 6.04 Å². The fourth-order valence-electron chi connectivity index (χ4n) is 2.38. The lowest BCUT2D eigenvalue weighted by Gasteiger charge is -2.21. The molecule has 0 saturated heterocycles. The van der Waals surface area contributed by atoms with Crippen molar-refractivity contribution in [1.29, 1.82) is 0 Å². The van der Waals surface area contributed by atoms with Gasteiger partial charge < -0.3 is 10.2 Å². The maximum Gasteiger partial charge on any atom is 0.282 e. The molecule has 7 heteroatoms. The van der Waals surface area contributed by atoms with Crippen LogP contribution in [0.15, 0.2) is 53.4 Å². The van der Waals surface area contributed by atoms with Gasteiger partial charge in [0, 0.05) is 11.3 Å². The zero-order chi connectivity index (χ0) is 18.6. The molecule has 0 aliphatic carbocycles. The molecule has 0 fully saturated rings. The summed E-state index contributed by atoms with van der Waals surface area (Å²) < 4.78 is 22.5. The highest BCUT2D eigenvalue weighted by atomic mass is 32.2. The third kappa shape index (κ3) is 5.38. The number of nitrogens with one attached hydrogen (secondary N) is 2. The Kier molecular flexibility index (Phi) is 5.94. The summed E-state index contributed by atoms with van der Waals surface area (Å²) in [7, 11) is -1.77. The van der Waals surface area contributed by atoms with E-state index in [0.29, 0.717) is 5.69 Å². The van der Waals surface area contributed by atoms with Gasteiger partial charge in [-0.25, -0.2) is 13.6 Å². The van der Waals surface area contributed by atoms with Crippen molar-refractivity contribution in [2.75, 3.05) is 12.4 Å². The molecule has 0 aliphatic rings. The van der Waals surface area contributed by atoms with Crippen molar-refractivity contribution in [2.24, 2.45) is 5.14 Å². The molecule has 1 amide bonds. The van der Waals surface area contributed by atoms with Crippen molar-refractivity contribution >= 4 is 21.6 Å². The first-order valence-corrected chi connectivity index (χ1v) is 9.53. The van der Waals surface area contributed by atoms with E-state index in [4.69, 9.17) is 5.14 Å². The van der Waals surface area contributed by atoms with Crippen molar-refractivity contribution in [3.05, 3.63) is 59.7 Å². The van der Waals surface area contributed by atoms with Crippen molar-refractivity contribution in [3.63, 3.8) is 0 Å². The summed E-state index contributed by atoms with van der Waals surface area (Å²) >= 11 is 0. The van der Waals surface area contributed by atoms with Gasteiger partial charge in [-0.3, -0.25) is 4.79 Å². The number of sulfonamides is 1. The van der Waals surface area contributed by atoms with Gasteiger partial charge >= 0.3 is 0 Å². The van der Waals surface area contributed by atoms with E-state index in [0.717, 1.165) is 11.4 Å². The highest BCUT2D eigenvalue weighted by Crippen LogP contribution is 2.12. The van der Waals surface area contributed by atoms with Crippen molar-refractivity contribution in [1.82, 2.24) is 0 Å². The molecule has 0 heterocycles. The van der Waals surface area contributed by atoms with Crippen molar-refractivity contribution in [2.45, 2.75) is 31.3 Å². The van der Waals surface area contributed by atoms with E-state index in [1.165, 1.54) is 35.4 Å².